The van der Waals surface area contributed by atoms with E-state index in [1.165, 1.54) is 0 Å². The van der Waals surface area contributed by atoms with Gasteiger partial charge in [0.2, 0.25) is 11.8 Å². The molecule has 0 unspecified atom stereocenters. The van der Waals surface area contributed by atoms with Gasteiger partial charge in [-0.1, -0.05) is 6.42 Å². The second-order valence-corrected chi connectivity index (χ2v) is 3.19. The van der Waals surface area contributed by atoms with E-state index < -0.39 is 0 Å². The molecule has 1 saturated carbocycles. The van der Waals surface area contributed by atoms with Gasteiger partial charge in [0.1, 0.15) is 0 Å². The second-order valence-electron chi connectivity index (χ2n) is 3.19. The Morgan fingerprint density at radius 2 is 2.00 bits per heavy atom. The third-order valence-corrected chi connectivity index (χ3v) is 2.54. The van der Waals surface area contributed by atoms with Crippen molar-refractivity contribution in [3.63, 3.8) is 0 Å². The number of imide groups is 1. The topological polar surface area (TPSA) is 46.2 Å². The number of nitrogens with one attached hydrogen (secondary N) is 1. The lowest BCUT2D eigenvalue weighted by atomic mass is 9.68. The maximum atomic E-state index is 11.1. The van der Waals surface area contributed by atoms with Crippen LogP contribution in [0.5, 0.6) is 0 Å². The normalized spacial score (nSPS) is 28.4. The second kappa shape index (κ2) is 1.59. The molecule has 3 heteroatoms. The molecule has 0 aromatic heterocycles. The predicted molar refractivity (Wildman–Crippen MR) is 34.1 cm³/mol. The average molecular weight is 139 g/mol. The molecule has 2 amide bonds. The molecule has 0 radical (unpaired) electrons. The summed E-state index contributed by atoms with van der Waals surface area (Å²) in [7, 11) is 0. The van der Waals surface area contributed by atoms with Crippen LogP contribution in [0.1, 0.15) is 25.7 Å². The Hall–Kier alpha value is -0.860. The van der Waals surface area contributed by atoms with E-state index in [4.69, 9.17) is 0 Å². The molecule has 1 aliphatic carbocycles. The summed E-state index contributed by atoms with van der Waals surface area (Å²) >= 11 is 0. The minimum atomic E-state index is -0.253. The van der Waals surface area contributed by atoms with Crippen LogP contribution in [0.15, 0.2) is 0 Å². The molecule has 1 saturated heterocycles. The van der Waals surface area contributed by atoms with Gasteiger partial charge in [-0.25, -0.2) is 0 Å². The van der Waals surface area contributed by atoms with Crippen molar-refractivity contribution in [3.8, 4) is 0 Å². The molecular weight excluding hydrogens is 130 g/mol. The monoisotopic (exact) mass is 139 g/mol. The van der Waals surface area contributed by atoms with Crippen LogP contribution in [0.2, 0.25) is 0 Å². The van der Waals surface area contributed by atoms with E-state index in [9.17, 15) is 9.59 Å². The van der Waals surface area contributed by atoms with Gasteiger partial charge in [0.15, 0.2) is 0 Å². The summed E-state index contributed by atoms with van der Waals surface area (Å²) in [5, 5.41) is 2.33. The van der Waals surface area contributed by atoms with Gasteiger partial charge in [-0.3, -0.25) is 14.9 Å². The fourth-order valence-electron chi connectivity index (χ4n) is 1.70. The molecule has 10 heavy (non-hydrogen) atoms. The third kappa shape index (κ3) is 0.549. The highest BCUT2D eigenvalue weighted by atomic mass is 16.2. The fraction of sp³-hybridized carbons (Fsp3) is 0.714. The molecule has 0 aromatic carbocycles. The number of carbonyl (C=O) groups excluding carboxylic acids is 2. The van der Waals surface area contributed by atoms with Gasteiger partial charge in [-0.05, 0) is 12.8 Å². The number of rotatable bonds is 0. The first-order valence-corrected chi connectivity index (χ1v) is 3.57. The van der Waals surface area contributed by atoms with Crippen LogP contribution in [0.3, 0.4) is 0 Å². The molecular formula is C7H9NO2. The van der Waals surface area contributed by atoms with Gasteiger partial charge in [0.05, 0.1) is 5.41 Å². The van der Waals surface area contributed by atoms with Crippen LogP contribution in [-0.2, 0) is 9.59 Å². The Kier molecular flexibility index (Phi) is 0.938. The summed E-state index contributed by atoms with van der Waals surface area (Å²) in [5.74, 6) is -0.131. The Balaban J connectivity index is 2.23. The lowest BCUT2D eigenvalue weighted by molar-refractivity contribution is -0.131. The molecule has 2 rings (SSSR count). The molecule has 3 nitrogen and oxygen atoms in total. The molecule has 0 aromatic rings. The lowest BCUT2D eigenvalue weighted by Crippen LogP contribution is -2.37. The lowest BCUT2D eigenvalue weighted by Gasteiger charge is -2.33. The number of hydrogen-bond acceptors (Lipinski definition) is 2. The summed E-state index contributed by atoms with van der Waals surface area (Å²) in [6, 6.07) is 0. The van der Waals surface area contributed by atoms with E-state index >= 15 is 0 Å². The van der Waals surface area contributed by atoms with E-state index in [1.54, 1.807) is 0 Å². The van der Waals surface area contributed by atoms with E-state index in [2.05, 4.69) is 5.32 Å². The van der Waals surface area contributed by atoms with Crippen molar-refractivity contribution >= 4 is 11.8 Å². The van der Waals surface area contributed by atoms with Crippen LogP contribution < -0.4 is 5.32 Å². The Morgan fingerprint density at radius 3 is 2.20 bits per heavy atom. The largest absolute Gasteiger partial charge is 0.296 e. The van der Waals surface area contributed by atoms with Crippen LogP contribution in [0, 0.1) is 5.41 Å². The molecule has 0 bridgehead atoms. The molecule has 2 aliphatic rings. The van der Waals surface area contributed by atoms with E-state index in [1.807, 2.05) is 0 Å². The summed E-state index contributed by atoms with van der Waals surface area (Å²) < 4.78 is 0. The van der Waals surface area contributed by atoms with Crippen molar-refractivity contribution in [2.75, 3.05) is 0 Å². The number of hydrogen-bond donors (Lipinski definition) is 1. The van der Waals surface area contributed by atoms with Crippen LogP contribution >= 0.6 is 0 Å². The zero-order valence-corrected chi connectivity index (χ0v) is 5.64. The summed E-state index contributed by atoms with van der Waals surface area (Å²) in [4.78, 5) is 21.8. The maximum Gasteiger partial charge on any atom is 0.233 e. The van der Waals surface area contributed by atoms with E-state index in [-0.39, 0.29) is 17.2 Å². The van der Waals surface area contributed by atoms with Crippen LogP contribution in [0.4, 0.5) is 0 Å². The van der Waals surface area contributed by atoms with E-state index in [0.29, 0.717) is 6.42 Å². The first kappa shape index (κ1) is 5.89. The van der Waals surface area contributed by atoms with Crippen molar-refractivity contribution in [3.05, 3.63) is 0 Å². The molecule has 1 spiro atoms. The molecule has 2 fully saturated rings. The minimum absolute atomic E-state index is 0.0382. The highest BCUT2D eigenvalue weighted by molar-refractivity contribution is 6.06. The predicted octanol–water partition coefficient (Wildman–Crippen LogP) is 0.203. The van der Waals surface area contributed by atoms with Gasteiger partial charge in [0, 0.05) is 6.42 Å². The highest BCUT2D eigenvalue weighted by Gasteiger charge is 2.50. The first-order chi connectivity index (χ1) is 4.73. The van der Waals surface area contributed by atoms with Gasteiger partial charge in [0.25, 0.3) is 0 Å². The van der Waals surface area contributed by atoms with Gasteiger partial charge in [-0.15, -0.1) is 0 Å². The Morgan fingerprint density at radius 1 is 1.30 bits per heavy atom. The Labute approximate surface area is 58.8 Å². The van der Waals surface area contributed by atoms with Gasteiger partial charge < -0.3 is 0 Å². The fourth-order valence-corrected chi connectivity index (χ4v) is 1.70. The number of carbonyl (C=O) groups is 2. The van der Waals surface area contributed by atoms with E-state index in [0.717, 1.165) is 19.3 Å². The summed E-state index contributed by atoms with van der Waals surface area (Å²) in [5.41, 5.74) is -0.253. The standard InChI is InChI=1S/C7H9NO2/c9-5-4-7(2-1-3-7)6(10)8-5/h1-4H2,(H,8,9,10). The zero-order chi connectivity index (χ0) is 7.19. The van der Waals surface area contributed by atoms with Crippen molar-refractivity contribution in [2.45, 2.75) is 25.7 Å². The van der Waals surface area contributed by atoms with Gasteiger partial charge >= 0.3 is 0 Å². The summed E-state index contributed by atoms with van der Waals surface area (Å²) in [6.07, 6.45) is 3.35. The SMILES string of the molecule is O=C1CC2(CCC2)C(=O)N1. The molecule has 1 N–H and O–H groups in total. The van der Waals surface area contributed by atoms with Crippen molar-refractivity contribution in [1.29, 1.82) is 0 Å². The van der Waals surface area contributed by atoms with Crippen LogP contribution in [0.25, 0.3) is 0 Å². The molecule has 0 atom stereocenters. The first-order valence-electron chi connectivity index (χ1n) is 3.57. The molecule has 1 heterocycles. The maximum absolute atomic E-state index is 11.1. The quantitative estimate of drug-likeness (QED) is 0.487. The van der Waals surface area contributed by atoms with Crippen molar-refractivity contribution in [2.24, 2.45) is 5.41 Å². The van der Waals surface area contributed by atoms with Crippen molar-refractivity contribution < 1.29 is 9.59 Å². The van der Waals surface area contributed by atoms with Gasteiger partial charge in [-0.2, -0.15) is 0 Å². The Bertz CT molecular complexity index is 206. The summed E-state index contributed by atoms with van der Waals surface area (Å²) in [6.45, 7) is 0. The highest BCUT2D eigenvalue weighted by Crippen LogP contribution is 2.46. The van der Waals surface area contributed by atoms with Crippen molar-refractivity contribution in [1.82, 2.24) is 5.32 Å². The smallest absolute Gasteiger partial charge is 0.233 e. The third-order valence-electron chi connectivity index (χ3n) is 2.54. The average Bonchev–Trinajstić information content (AvgIpc) is 2.04. The zero-order valence-electron chi connectivity index (χ0n) is 5.64. The molecule has 54 valence electrons. The minimum Gasteiger partial charge on any atom is -0.296 e. The molecule has 1 aliphatic heterocycles. The van der Waals surface area contributed by atoms with Crippen LogP contribution in [-0.4, -0.2) is 11.8 Å². The number of amides is 2.